The van der Waals surface area contributed by atoms with Crippen LogP contribution >= 0.6 is 11.6 Å². The molecule has 39 heavy (non-hydrogen) atoms. The molecule has 0 spiro atoms. The Kier molecular flexibility index (Phi) is 8.54. The number of halogens is 1. The summed E-state index contributed by atoms with van der Waals surface area (Å²) in [5, 5.41) is 5.71. The van der Waals surface area contributed by atoms with Gasteiger partial charge in [0.2, 0.25) is 5.91 Å². The topological polar surface area (TPSA) is 148 Å². The Morgan fingerprint density at radius 2 is 1.69 bits per heavy atom. The minimum atomic E-state index is -3.99. The molecule has 3 aromatic carbocycles. The Labute approximate surface area is 231 Å². The van der Waals surface area contributed by atoms with Crippen LogP contribution in [0.2, 0.25) is 5.02 Å². The number of anilines is 1. The number of fused-ring (bicyclic) bond motifs is 1. The van der Waals surface area contributed by atoms with E-state index in [0.717, 1.165) is 28.2 Å². The van der Waals surface area contributed by atoms with Crippen LogP contribution in [0, 0.1) is 0 Å². The maximum atomic E-state index is 12.4. The van der Waals surface area contributed by atoms with Gasteiger partial charge in [0.15, 0.2) is 0 Å². The maximum Gasteiger partial charge on any atom is 0.328 e. The first-order chi connectivity index (χ1) is 18.6. The molecule has 0 atom stereocenters. The Balaban J connectivity index is 1.41. The number of carbonyl (C=O) groups is 2. The lowest BCUT2D eigenvalue weighted by atomic mass is 10.1. The van der Waals surface area contributed by atoms with E-state index in [4.69, 9.17) is 22.3 Å². The molecule has 1 heterocycles. The third-order valence-corrected chi connectivity index (χ3v) is 7.69. The zero-order chi connectivity index (χ0) is 28.2. The van der Waals surface area contributed by atoms with Crippen LogP contribution in [0.5, 0.6) is 0 Å². The summed E-state index contributed by atoms with van der Waals surface area (Å²) in [4.78, 5) is 28.4. The first-order valence-corrected chi connectivity index (χ1v) is 14.1. The number of aryl methyl sites for hydroxylation is 1. The van der Waals surface area contributed by atoms with E-state index in [2.05, 4.69) is 10.6 Å². The number of nitrogens with two attached hydrogens (primary N) is 1. The SMILES string of the molecule is CCc1nc2cc(NC(C)=O)c(Cl)cc2n1-c1ccc(CCNC(=O)NS(=O)(=O)c2ccc(CN)cc2)cc1. The van der Waals surface area contributed by atoms with Crippen molar-refractivity contribution in [2.75, 3.05) is 11.9 Å². The van der Waals surface area contributed by atoms with Crippen molar-refractivity contribution in [2.24, 2.45) is 5.73 Å². The number of imidazole rings is 1. The van der Waals surface area contributed by atoms with Crippen molar-refractivity contribution in [3.8, 4) is 5.69 Å². The molecule has 12 heteroatoms. The lowest BCUT2D eigenvalue weighted by molar-refractivity contribution is -0.114. The number of hydrogen-bond acceptors (Lipinski definition) is 6. The predicted molar refractivity (Wildman–Crippen MR) is 152 cm³/mol. The average Bonchev–Trinajstić information content (AvgIpc) is 3.26. The number of carbonyl (C=O) groups excluding carboxylic acids is 2. The summed E-state index contributed by atoms with van der Waals surface area (Å²) >= 11 is 6.42. The lowest BCUT2D eigenvalue weighted by Gasteiger charge is -2.11. The molecule has 0 saturated carbocycles. The van der Waals surface area contributed by atoms with Crippen molar-refractivity contribution in [2.45, 2.75) is 38.1 Å². The van der Waals surface area contributed by atoms with Crippen LogP contribution in [0.15, 0.2) is 65.6 Å². The van der Waals surface area contributed by atoms with Crippen LogP contribution in [0.4, 0.5) is 10.5 Å². The van der Waals surface area contributed by atoms with Gasteiger partial charge in [-0.25, -0.2) is 22.9 Å². The summed E-state index contributed by atoms with van der Waals surface area (Å²) in [6, 6.07) is 16.5. The molecule has 0 bridgehead atoms. The van der Waals surface area contributed by atoms with E-state index in [1.807, 2.05) is 40.5 Å². The Bertz CT molecular complexity index is 1620. The standard InChI is InChI=1S/C27H29ClN6O4S/c1-3-26-32-24-15-23(31-17(2)35)22(28)14-25(24)34(26)20-8-4-18(5-9-20)12-13-30-27(36)33-39(37,38)21-10-6-19(16-29)7-11-21/h4-11,14-15H,3,12-13,16,29H2,1-2H3,(H,31,35)(H2,30,33,36). The van der Waals surface area contributed by atoms with E-state index in [1.165, 1.54) is 19.1 Å². The van der Waals surface area contributed by atoms with Crippen molar-refractivity contribution < 1.29 is 18.0 Å². The molecule has 0 aliphatic carbocycles. The smallest absolute Gasteiger partial charge is 0.328 e. The summed E-state index contributed by atoms with van der Waals surface area (Å²) < 4.78 is 28.9. The van der Waals surface area contributed by atoms with Gasteiger partial charge in [0.05, 0.1) is 26.6 Å². The van der Waals surface area contributed by atoms with Crippen molar-refractivity contribution >= 4 is 50.3 Å². The van der Waals surface area contributed by atoms with Gasteiger partial charge in [0.25, 0.3) is 10.0 Å². The fourth-order valence-corrected chi connectivity index (χ4v) is 5.25. The van der Waals surface area contributed by atoms with Crippen LogP contribution in [0.1, 0.15) is 30.8 Å². The molecule has 1 aromatic heterocycles. The van der Waals surface area contributed by atoms with Crippen molar-refractivity contribution in [3.63, 3.8) is 0 Å². The van der Waals surface area contributed by atoms with E-state index in [1.54, 1.807) is 24.3 Å². The van der Waals surface area contributed by atoms with E-state index in [0.29, 0.717) is 35.6 Å². The number of aromatic nitrogens is 2. The number of benzene rings is 3. The Hall–Kier alpha value is -3.93. The lowest BCUT2D eigenvalue weighted by Crippen LogP contribution is -2.40. The minimum absolute atomic E-state index is 0.0171. The predicted octanol–water partition coefficient (Wildman–Crippen LogP) is 3.89. The molecule has 4 rings (SSSR count). The van der Waals surface area contributed by atoms with Crippen molar-refractivity contribution in [1.29, 1.82) is 0 Å². The molecule has 0 saturated heterocycles. The fourth-order valence-electron chi connectivity index (χ4n) is 4.11. The molecule has 204 valence electrons. The Morgan fingerprint density at radius 1 is 1.03 bits per heavy atom. The van der Waals surface area contributed by atoms with Gasteiger partial charge in [-0.05, 0) is 53.9 Å². The number of hydrogen-bond donors (Lipinski definition) is 4. The van der Waals surface area contributed by atoms with Gasteiger partial charge in [-0.2, -0.15) is 0 Å². The van der Waals surface area contributed by atoms with Gasteiger partial charge in [0.1, 0.15) is 5.82 Å². The summed E-state index contributed by atoms with van der Waals surface area (Å²) in [7, 11) is -3.99. The third-order valence-electron chi connectivity index (χ3n) is 6.03. The van der Waals surface area contributed by atoms with Gasteiger partial charge in [-0.1, -0.05) is 42.8 Å². The second kappa shape index (κ2) is 11.9. The highest BCUT2D eigenvalue weighted by Crippen LogP contribution is 2.31. The van der Waals surface area contributed by atoms with Gasteiger partial charge >= 0.3 is 6.03 Å². The summed E-state index contributed by atoms with van der Waals surface area (Å²) in [5.74, 6) is 0.624. The first-order valence-electron chi connectivity index (χ1n) is 12.3. The second-order valence-electron chi connectivity index (χ2n) is 8.84. The molecule has 5 N–H and O–H groups in total. The van der Waals surface area contributed by atoms with Crippen molar-refractivity contribution in [1.82, 2.24) is 19.6 Å². The average molecular weight is 569 g/mol. The highest BCUT2D eigenvalue weighted by molar-refractivity contribution is 7.90. The van der Waals surface area contributed by atoms with Crippen LogP contribution < -0.4 is 21.1 Å². The molecule has 0 aliphatic heterocycles. The monoisotopic (exact) mass is 568 g/mol. The minimum Gasteiger partial charge on any atom is -0.337 e. The van der Waals surface area contributed by atoms with Crippen molar-refractivity contribution in [3.05, 3.63) is 82.6 Å². The number of urea groups is 1. The number of amides is 3. The molecule has 0 radical (unpaired) electrons. The quantitative estimate of drug-likeness (QED) is 0.241. The zero-order valence-corrected chi connectivity index (χ0v) is 23.1. The number of nitrogens with one attached hydrogen (secondary N) is 3. The zero-order valence-electron chi connectivity index (χ0n) is 21.5. The molecule has 0 unspecified atom stereocenters. The van der Waals surface area contributed by atoms with E-state index in [9.17, 15) is 18.0 Å². The van der Waals surface area contributed by atoms with Gasteiger partial charge < -0.3 is 16.4 Å². The summed E-state index contributed by atoms with van der Waals surface area (Å²) in [5.41, 5.74) is 10.2. The van der Waals surface area contributed by atoms with E-state index < -0.39 is 16.1 Å². The first kappa shape index (κ1) is 28.1. The van der Waals surface area contributed by atoms with Crippen LogP contribution in [-0.2, 0) is 34.2 Å². The number of nitrogens with zero attached hydrogens (tertiary/aromatic N) is 2. The highest BCUT2D eigenvalue weighted by atomic mass is 35.5. The molecule has 0 aliphatic rings. The van der Waals surface area contributed by atoms with Gasteiger partial charge in [-0.3, -0.25) is 9.36 Å². The molecular formula is C27H29ClN6O4S. The Morgan fingerprint density at radius 3 is 2.31 bits per heavy atom. The van der Waals surface area contributed by atoms with Gasteiger partial charge in [0, 0.05) is 32.1 Å². The van der Waals surface area contributed by atoms with Crippen LogP contribution in [0.25, 0.3) is 16.7 Å². The molecule has 3 amide bonds. The number of sulfonamides is 1. The second-order valence-corrected chi connectivity index (χ2v) is 10.9. The highest BCUT2D eigenvalue weighted by Gasteiger charge is 2.18. The molecule has 4 aromatic rings. The molecule has 0 fully saturated rings. The van der Waals surface area contributed by atoms with Crippen LogP contribution in [-0.4, -0.2) is 36.5 Å². The van der Waals surface area contributed by atoms with E-state index in [-0.39, 0.29) is 17.3 Å². The van der Waals surface area contributed by atoms with Crippen LogP contribution in [0.3, 0.4) is 0 Å². The maximum absolute atomic E-state index is 12.4. The summed E-state index contributed by atoms with van der Waals surface area (Å²) in [6.45, 7) is 3.96. The molecule has 10 nitrogen and oxygen atoms in total. The number of rotatable bonds is 9. The fraction of sp³-hybridized carbons (Fsp3) is 0.222. The summed E-state index contributed by atoms with van der Waals surface area (Å²) in [6.07, 6.45) is 1.18. The normalized spacial score (nSPS) is 11.4. The molecular weight excluding hydrogens is 540 g/mol. The van der Waals surface area contributed by atoms with Gasteiger partial charge in [-0.15, -0.1) is 0 Å². The third kappa shape index (κ3) is 6.56. The largest absolute Gasteiger partial charge is 0.337 e. The van der Waals surface area contributed by atoms with E-state index >= 15 is 0 Å².